The zero-order chi connectivity index (χ0) is 11.1. The maximum Gasteiger partial charge on any atom is 0.279 e. The molecule has 0 aliphatic carbocycles. The van der Waals surface area contributed by atoms with Gasteiger partial charge in [0, 0.05) is 7.05 Å². The van der Waals surface area contributed by atoms with E-state index < -0.39 is 0 Å². The molecule has 0 aliphatic rings. The second kappa shape index (κ2) is 5.85. The van der Waals surface area contributed by atoms with E-state index in [1.54, 1.807) is 7.05 Å². The van der Waals surface area contributed by atoms with Gasteiger partial charge in [-0.1, -0.05) is 20.4 Å². The average molecular weight is 193 g/mol. The minimum atomic E-state index is -0.213. The van der Waals surface area contributed by atoms with Crippen molar-refractivity contribution in [3.63, 3.8) is 0 Å². The highest BCUT2D eigenvalue weighted by Gasteiger charge is 2.04. The first-order valence-electron chi connectivity index (χ1n) is 4.35. The summed E-state index contributed by atoms with van der Waals surface area (Å²) in [4.78, 5) is 18.8. The number of hydrogen-bond acceptors (Lipinski definition) is 3. The van der Waals surface area contributed by atoms with Gasteiger partial charge in [0.2, 0.25) is 0 Å². The van der Waals surface area contributed by atoms with E-state index in [4.69, 9.17) is 0 Å². The van der Waals surface area contributed by atoms with Crippen LogP contribution in [0.1, 0.15) is 19.5 Å². The maximum absolute atomic E-state index is 11.3. The van der Waals surface area contributed by atoms with Gasteiger partial charge in [0.05, 0.1) is 12.0 Å². The molecular formula is C10H15N3O. The molecule has 0 radical (unpaired) electrons. The van der Waals surface area contributed by atoms with E-state index in [1.165, 1.54) is 17.0 Å². The molecule has 0 saturated heterocycles. The fourth-order valence-electron chi connectivity index (χ4n) is 0.837. The first-order chi connectivity index (χ1) is 6.70. The number of aromatic nitrogens is 2. The lowest BCUT2D eigenvalue weighted by atomic mass is 10.3. The summed E-state index contributed by atoms with van der Waals surface area (Å²) >= 11 is 0. The summed E-state index contributed by atoms with van der Waals surface area (Å²) in [6.07, 6.45) is 2.90. The van der Waals surface area contributed by atoms with Crippen molar-refractivity contribution in [2.24, 2.45) is 12.0 Å². The molecule has 4 heteroatoms. The molecule has 0 spiro atoms. The normalized spacial score (nSPS) is 8.50. The van der Waals surface area contributed by atoms with Gasteiger partial charge < -0.3 is 4.57 Å². The van der Waals surface area contributed by atoms with Crippen molar-refractivity contribution in [2.45, 2.75) is 13.8 Å². The van der Waals surface area contributed by atoms with Crippen molar-refractivity contribution in [3.8, 4) is 0 Å². The first-order valence-corrected chi connectivity index (χ1v) is 4.35. The average Bonchev–Trinajstić information content (AvgIpc) is 2.24. The Bertz CT molecular complexity index is 379. The molecule has 14 heavy (non-hydrogen) atoms. The van der Waals surface area contributed by atoms with Crippen molar-refractivity contribution in [2.75, 3.05) is 0 Å². The Balaban J connectivity index is 0.000000791. The van der Waals surface area contributed by atoms with Gasteiger partial charge in [0.15, 0.2) is 5.69 Å². The molecule has 1 aromatic heterocycles. The molecule has 0 bridgehead atoms. The molecule has 1 aromatic rings. The minimum Gasteiger partial charge on any atom is -0.301 e. The van der Waals surface area contributed by atoms with Crippen LogP contribution in [0.4, 0.5) is 5.69 Å². The van der Waals surface area contributed by atoms with Crippen LogP contribution in [0.2, 0.25) is 0 Å². The lowest BCUT2D eigenvalue weighted by Crippen LogP contribution is -2.17. The lowest BCUT2D eigenvalue weighted by Gasteiger charge is -2.00. The van der Waals surface area contributed by atoms with Crippen LogP contribution in [0, 0.1) is 0 Å². The van der Waals surface area contributed by atoms with Crippen LogP contribution in [0.5, 0.6) is 0 Å². The van der Waals surface area contributed by atoms with Crippen LogP contribution in [-0.4, -0.2) is 16.3 Å². The molecule has 0 fully saturated rings. The lowest BCUT2D eigenvalue weighted by molar-refractivity contribution is 0.822. The minimum absolute atomic E-state index is 0.213. The number of hydrogen-bond donors (Lipinski definition) is 0. The Kier molecular flexibility index (Phi) is 5.14. The van der Waals surface area contributed by atoms with Crippen LogP contribution >= 0.6 is 0 Å². The number of rotatable bonds is 2. The van der Waals surface area contributed by atoms with E-state index in [9.17, 15) is 4.79 Å². The summed E-state index contributed by atoms with van der Waals surface area (Å²) in [5.74, 6) is 0. The molecule has 0 N–H and O–H groups in total. The van der Waals surface area contributed by atoms with Crippen LogP contribution in [-0.2, 0) is 7.05 Å². The van der Waals surface area contributed by atoms with Crippen LogP contribution in [0.15, 0.2) is 22.7 Å². The molecule has 4 nitrogen and oxygen atoms in total. The highest BCUT2D eigenvalue weighted by molar-refractivity contribution is 5.59. The van der Waals surface area contributed by atoms with Crippen LogP contribution < -0.4 is 5.56 Å². The zero-order valence-corrected chi connectivity index (χ0v) is 8.82. The standard InChI is InChI=1S/C8H9N3O.C2H6/c1-4-6-7(9-2)8(12)11(3)5-10-6;1-2/h4-5H,1-2H2,3H3;1-2H3. The van der Waals surface area contributed by atoms with E-state index in [0.717, 1.165) is 0 Å². The van der Waals surface area contributed by atoms with Gasteiger partial charge in [-0.15, -0.1) is 0 Å². The van der Waals surface area contributed by atoms with Gasteiger partial charge in [0.1, 0.15) is 0 Å². The summed E-state index contributed by atoms with van der Waals surface area (Å²) in [5, 5.41) is 0. The SMILES string of the molecule is C=Cc1ncn(C)c(=O)c1N=C.CC. The molecule has 0 atom stereocenters. The predicted molar refractivity (Wildman–Crippen MR) is 60.1 cm³/mol. The Morgan fingerprint density at radius 3 is 2.57 bits per heavy atom. The fourth-order valence-corrected chi connectivity index (χ4v) is 0.837. The number of aryl methyl sites for hydroxylation is 1. The monoisotopic (exact) mass is 193 g/mol. The van der Waals surface area contributed by atoms with Crippen LogP contribution in [0.3, 0.4) is 0 Å². The van der Waals surface area contributed by atoms with Crippen molar-refractivity contribution >= 4 is 18.5 Å². The van der Waals surface area contributed by atoms with Crippen LogP contribution in [0.25, 0.3) is 6.08 Å². The summed E-state index contributed by atoms with van der Waals surface area (Å²) in [6.45, 7) is 10.8. The van der Waals surface area contributed by atoms with E-state index in [0.29, 0.717) is 5.69 Å². The van der Waals surface area contributed by atoms with E-state index in [1.807, 2.05) is 13.8 Å². The zero-order valence-electron chi connectivity index (χ0n) is 8.82. The van der Waals surface area contributed by atoms with Gasteiger partial charge in [0.25, 0.3) is 5.56 Å². The Morgan fingerprint density at radius 1 is 1.57 bits per heavy atom. The predicted octanol–water partition coefficient (Wildman–Crippen LogP) is 1.78. The van der Waals surface area contributed by atoms with Gasteiger partial charge in [-0.2, -0.15) is 0 Å². The van der Waals surface area contributed by atoms with Gasteiger partial charge in [-0.3, -0.25) is 9.79 Å². The fraction of sp³-hybridized carbons (Fsp3) is 0.300. The van der Waals surface area contributed by atoms with Crippen molar-refractivity contribution in [1.82, 2.24) is 9.55 Å². The smallest absolute Gasteiger partial charge is 0.279 e. The van der Waals surface area contributed by atoms with E-state index in [-0.39, 0.29) is 11.2 Å². The van der Waals surface area contributed by atoms with Crippen molar-refractivity contribution in [1.29, 1.82) is 0 Å². The Labute approximate surface area is 83.6 Å². The molecule has 76 valence electrons. The molecule has 0 aromatic carbocycles. The summed E-state index contributed by atoms with van der Waals surface area (Å²) in [7, 11) is 1.61. The molecule has 0 amide bonds. The van der Waals surface area contributed by atoms with Gasteiger partial charge >= 0.3 is 0 Å². The summed E-state index contributed by atoms with van der Waals surface area (Å²) in [5.41, 5.74) is 0.498. The van der Waals surface area contributed by atoms with E-state index in [2.05, 4.69) is 23.3 Å². The number of aliphatic imine (C=N–C) groups is 1. The number of nitrogens with zero attached hydrogens (tertiary/aromatic N) is 3. The third-order valence-corrected chi connectivity index (χ3v) is 1.49. The summed E-state index contributed by atoms with van der Waals surface area (Å²) in [6, 6.07) is 0. The maximum atomic E-state index is 11.3. The quantitative estimate of drug-likeness (QED) is 0.672. The van der Waals surface area contributed by atoms with E-state index >= 15 is 0 Å². The van der Waals surface area contributed by atoms with Gasteiger partial charge in [-0.25, -0.2) is 4.98 Å². The highest BCUT2D eigenvalue weighted by Crippen LogP contribution is 2.09. The van der Waals surface area contributed by atoms with Gasteiger partial charge in [-0.05, 0) is 12.8 Å². The Morgan fingerprint density at radius 2 is 2.14 bits per heavy atom. The molecule has 0 aliphatic heterocycles. The second-order valence-electron chi connectivity index (χ2n) is 2.26. The molecule has 0 unspecified atom stereocenters. The highest BCUT2D eigenvalue weighted by atomic mass is 16.1. The third-order valence-electron chi connectivity index (χ3n) is 1.49. The second-order valence-corrected chi connectivity index (χ2v) is 2.26. The molecule has 0 saturated carbocycles. The molecular weight excluding hydrogens is 178 g/mol. The molecule has 1 rings (SSSR count). The van der Waals surface area contributed by atoms with Crippen molar-refractivity contribution in [3.05, 3.63) is 29.0 Å². The largest absolute Gasteiger partial charge is 0.301 e. The first kappa shape index (κ1) is 12.3. The Hall–Kier alpha value is -1.71. The third kappa shape index (κ3) is 2.39. The summed E-state index contributed by atoms with van der Waals surface area (Å²) < 4.78 is 1.34. The topological polar surface area (TPSA) is 47.2 Å². The van der Waals surface area contributed by atoms with Crippen molar-refractivity contribution < 1.29 is 0 Å². The molecule has 1 heterocycles.